The second-order valence-electron chi connectivity index (χ2n) is 8.94. The number of rotatable bonds is 2. The van der Waals surface area contributed by atoms with Gasteiger partial charge in [-0.2, -0.15) is 0 Å². The van der Waals surface area contributed by atoms with E-state index >= 15 is 0 Å². The zero-order valence-electron chi connectivity index (χ0n) is 17.3. The first kappa shape index (κ1) is 18.6. The molecular weight excluding hydrogens is 364 g/mol. The molecule has 3 aliphatic rings. The first-order valence-corrected chi connectivity index (χ1v) is 10.4. The number of nitrogens with two attached hydrogens (primary N) is 1. The Morgan fingerprint density at radius 2 is 2.17 bits per heavy atom. The van der Waals surface area contributed by atoms with Crippen LogP contribution in [-0.4, -0.2) is 35.8 Å². The van der Waals surface area contributed by atoms with Crippen molar-refractivity contribution in [3.05, 3.63) is 47.5 Å². The molecule has 0 unspecified atom stereocenters. The van der Waals surface area contributed by atoms with Crippen molar-refractivity contribution in [3.8, 4) is 11.1 Å². The third-order valence-corrected chi connectivity index (χ3v) is 7.47. The van der Waals surface area contributed by atoms with Gasteiger partial charge in [-0.3, -0.25) is 0 Å². The van der Waals surface area contributed by atoms with Gasteiger partial charge in [0.1, 0.15) is 18.5 Å². The maximum Gasteiger partial charge on any atom is 0.283 e. The summed E-state index contributed by atoms with van der Waals surface area (Å²) < 4.78 is 11.5. The Morgan fingerprint density at radius 1 is 1.31 bits per heavy atom. The van der Waals surface area contributed by atoms with Crippen LogP contribution in [0.3, 0.4) is 0 Å². The van der Waals surface area contributed by atoms with E-state index in [9.17, 15) is 0 Å². The van der Waals surface area contributed by atoms with Gasteiger partial charge in [-0.15, -0.1) is 0 Å². The molecule has 0 bridgehead atoms. The van der Waals surface area contributed by atoms with Crippen LogP contribution in [-0.2, 0) is 21.4 Å². The Morgan fingerprint density at radius 3 is 2.86 bits per heavy atom. The standard InChI is InChI=1S/C23H28N4O2/c1-14-9-22(7-6-20(14)28-3)10-17-5-4-16(18-11-25-13-26-15(18)2)8-19(17)23(22)12-29-21(24)27-23/h4-5,8,11,13-14,20H,6-7,9-10,12H2,1-3H3,(H2,24,27)/t14-,20-,22-,23-/m0/s1. The highest BCUT2D eigenvalue weighted by atomic mass is 16.5. The summed E-state index contributed by atoms with van der Waals surface area (Å²) in [4.78, 5) is 13.6. The van der Waals surface area contributed by atoms with Crippen LogP contribution >= 0.6 is 0 Å². The lowest BCUT2D eigenvalue weighted by atomic mass is 9.59. The fraction of sp³-hybridized carbons (Fsp3) is 0.522. The summed E-state index contributed by atoms with van der Waals surface area (Å²) in [5.74, 6) is 0.473. The molecule has 2 aliphatic carbocycles. The topological polar surface area (TPSA) is 82.6 Å². The molecule has 2 aromatic rings. The molecule has 152 valence electrons. The number of fused-ring (bicyclic) bond motifs is 3. The molecule has 2 spiro atoms. The zero-order chi connectivity index (χ0) is 20.2. The monoisotopic (exact) mass is 392 g/mol. The van der Waals surface area contributed by atoms with E-state index in [4.69, 9.17) is 20.2 Å². The highest BCUT2D eigenvalue weighted by Gasteiger charge is 2.62. The Kier molecular flexibility index (Phi) is 4.17. The predicted molar refractivity (Wildman–Crippen MR) is 111 cm³/mol. The van der Waals surface area contributed by atoms with E-state index in [1.165, 1.54) is 11.1 Å². The van der Waals surface area contributed by atoms with Crippen molar-refractivity contribution in [2.75, 3.05) is 13.7 Å². The van der Waals surface area contributed by atoms with Gasteiger partial charge in [-0.05, 0) is 61.3 Å². The van der Waals surface area contributed by atoms with Gasteiger partial charge in [0.2, 0.25) is 0 Å². The Balaban J connectivity index is 1.63. The molecule has 1 saturated carbocycles. The Bertz CT molecular complexity index is 991. The lowest BCUT2D eigenvalue weighted by molar-refractivity contribution is -0.0445. The van der Waals surface area contributed by atoms with Crippen LogP contribution in [0.15, 0.2) is 35.7 Å². The smallest absolute Gasteiger partial charge is 0.283 e. The fourth-order valence-corrected chi connectivity index (χ4v) is 6.03. The molecule has 2 heterocycles. The summed E-state index contributed by atoms with van der Waals surface area (Å²) in [5, 5.41) is 0. The third kappa shape index (κ3) is 2.61. The van der Waals surface area contributed by atoms with E-state index < -0.39 is 5.54 Å². The van der Waals surface area contributed by atoms with Gasteiger partial charge in [0.05, 0.1) is 6.10 Å². The molecule has 0 amide bonds. The summed E-state index contributed by atoms with van der Waals surface area (Å²) in [6.07, 6.45) is 7.96. The molecule has 1 aromatic heterocycles. The molecule has 1 aromatic carbocycles. The highest BCUT2D eigenvalue weighted by Crippen LogP contribution is 2.62. The van der Waals surface area contributed by atoms with E-state index in [1.807, 2.05) is 20.2 Å². The summed E-state index contributed by atoms with van der Waals surface area (Å²) in [5.41, 5.74) is 11.4. The van der Waals surface area contributed by atoms with Gasteiger partial charge in [0.15, 0.2) is 0 Å². The van der Waals surface area contributed by atoms with E-state index in [-0.39, 0.29) is 5.41 Å². The fourth-order valence-electron chi connectivity index (χ4n) is 6.03. The first-order chi connectivity index (χ1) is 14.0. The molecule has 29 heavy (non-hydrogen) atoms. The molecule has 2 N–H and O–H groups in total. The number of amidine groups is 1. The molecule has 5 rings (SSSR count). The van der Waals surface area contributed by atoms with E-state index in [0.717, 1.165) is 42.5 Å². The second-order valence-corrected chi connectivity index (χ2v) is 8.94. The highest BCUT2D eigenvalue weighted by molar-refractivity contribution is 5.76. The van der Waals surface area contributed by atoms with Gasteiger partial charge < -0.3 is 15.2 Å². The van der Waals surface area contributed by atoms with Crippen LogP contribution in [0.1, 0.15) is 43.0 Å². The number of hydrogen-bond acceptors (Lipinski definition) is 6. The number of ether oxygens (including phenoxy) is 2. The van der Waals surface area contributed by atoms with Gasteiger partial charge in [0, 0.05) is 30.0 Å². The Hall–Kier alpha value is -2.47. The minimum Gasteiger partial charge on any atom is -0.462 e. The second kappa shape index (κ2) is 6.52. The average Bonchev–Trinajstić information content (AvgIpc) is 3.22. The van der Waals surface area contributed by atoms with Crippen LogP contribution in [0.5, 0.6) is 0 Å². The number of aliphatic imine (C=N–C) groups is 1. The van der Waals surface area contributed by atoms with Gasteiger partial charge in [0.25, 0.3) is 6.02 Å². The van der Waals surface area contributed by atoms with Crippen molar-refractivity contribution in [1.29, 1.82) is 0 Å². The minimum absolute atomic E-state index is 0.0196. The third-order valence-electron chi connectivity index (χ3n) is 7.47. The quantitative estimate of drug-likeness (QED) is 0.847. The number of methoxy groups -OCH3 is 1. The van der Waals surface area contributed by atoms with Crippen molar-refractivity contribution in [3.63, 3.8) is 0 Å². The molecule has 6 nitrogen and oxygen atoms in total. The van der Waals surface area contributed by atoms with Gasteiger partial charge >= 0.3 is 0 Å². The van der Waals surface area contributed by atoms with Crippen molar-refractivity contribution >= 4 is 6.02 Å². The molecule has 6 heteroatoms. The SMILES string of the molecule is CO[C@H]1CC[C@@]2(Cc3ccc(-c4cncnc4C)cc3[C@@]23COC(N)=N3)C[C@@H]1C. The van der Waals surface area contributed by atoms with Crippen LogP contribution in [0.2, 0.25) is 0 Å². The van der Waals surface area contributed by atoms with Crippen LogP contribution in [0.4, 0.5) is 0 Å². The van der Waals surface area contributed by atoms with Crippen LogP contribution in [0.25, 0.3) is 11.1 Å². The van der Waals surface area contributed by atoms with Crippen LogP contribution in [0, 0.1) is 18.3 Å². The summed E-state index contributed by atoms with van der Waals surface area (Å²) in [7, 11) is 1.82. The number of benzene rings is 1. The lowest BCUT2D eigenvalue weighted by Crippen LogP contribution is -2.48. The zero-order valence-corrected chi connectivity index (χ0v) is 17.3. The van der Waals surface area contributed by atoms with Crippen molar-refractivity contribution in [2.45, 2.75) is 51.2 Å². The van der Waals surface area contributed by atoms with Crippen molar-refractivity contribution in [2.24, 2.45) is 22.1 Å². The number of hydrogen-bond donors (Lipinski definition) is 1. The summed E-state index contributed by atoms with van der Waals surface area (Å²) in [6, 6.07) is 7.02. The minimum atomic E-state index is -0.418. The lowest BCUT2D eigenvalue weighted by Gasteiger charge is -2.47. The van der Waals surface area contributed by atoms with Crippen LogP contribution < -0.4 is 5.73 Å². The molecule has 4 atom stereocenters. The molecule has 0 saturated heterocycles. The summed E-state index contributed by atoms with van der Waals surface area (Å²) in [6.45, 7) is 4.83. The number of aromatic nitrogens is 2. The molecule has 1 aliphatic heterocycles. The number of nitrogens with zero attached hydrogens (tertiary/aromatic N) is 3. The maximum atomic E-state index is 6.08. The van der Waals surface area contributed by atoms with E-state index in [0.29, 0.717) is 24.7 Å². The normalized spacial score (nSPS) is 33.0. The average molecular weight is 393 g/mol. The Labute approximate surface area is 171 Å². The largest absolute Gasteiger partial charge is 0.462 e. The van der Waals surface area contributed by atoms with Gasteiger partial charge in [-0.25, -0.2) is 15.0 Å². The maximum absolute atomic E-state index is 6.08. The van der Waals surface area contributed by atoms with Gasteiger partial charge in [-0.1, -0.05) is 19.1 Å². The molecule has 0 radical (unpaired) electrons. The van der Waals surface area contributed by atoms with E-state index in [2.05, 4.69) is 35.1 Å². The molecular formula is C23H28N4O2. The summed E-state index contributed by atoms with van der Waals surface area (Å²) >= 11 is 0. The predicted octanol–water partition coefficient (Wildman–Crippen LogP) is 3.37. The van der Waals surface area contributed by atoms with E-state index in [1.54, 1.807) is 6.33 Å². The molecule has 1 fully saturated rings. The van der Waals surface area contributed by atoms with Crippen molar-refractivity contribution < 1.29 is 9.47 Å². The first-order valence-electron chi connectivity index (χ1n) is 10.4. The van der Waals surface area contributed by atoms with Crippen molar-refractivity contribution in [1.82, 2.24) is 9.97 Å². The number of aryl methyl sites for hydroxylation is 1.